The minimum absolute atomic E-state index is 0.143. The molecule has 4 aromatic rings. The summed E-state index contributed by atoms with van der Waals surface area (Å²) in [6, 6.07) is 12.9. The number of fused-ring (bicyclic) bond motifs is 1. The molecule has 0 radical (unpaired) electrons. The van der Waals surface area contributed by atoms with Crippen LogP contribution in [0.4, 0.5) is 5.69 Å². The SMILES string of the molecule is C=C(C#N)C(=O)Nc1cccc(-c2cnc3[nH]cc(-c4ccncn4)c3c2)c1. The van der Waals surface area contributed by atoms with Crippen LogP contribution in [0, 0.1) is 11.3 Å². The van der Waals surface area contributed by atoms with Crippen molar-refractivity contribution in [2.75, 3.05) is 5.32 Å². The third-order valence-electron chi connectivity index (χ3n) is 4.25. The number of hydrogen-bond acceptors (Lipinski definition) is 5. The summed E-state index contributed by atoms with van der Waals surface area (Å²) in [6.07, 6.45) is 6.83. The molecule has 3 aromatic heterocycles. The monoisotopic (exact) mass is 366 g/mol. The number of anilines is 1. The van der Waals surface area contributed by atoms with E-state index in [-0.39, 0.29) is 5.57 Å². The first-order valence-electron chi connectivity index (χ1n) is 8.40. The van der Waals surface area contributed by atoms with Crippen molar-refractivity contribution in [1.29, 1.82) is 5.26 Å². The van der Waals surface area contributed by atoms with E-state index in [4.69, 9.17) is 5.26 Å². The number of hydrogen-bond donors (Lipinski definition) is 2. The molecule has 3 heterocycles. The van der Waals surface area contributed by atoms with Crippen LogP contribution in [0.5, 0.6) is 0 Å². The molecule has 7 heteroatoms. The number of carbonyl (C=O) groups excluding carboxylic acids is 1. The topological polar surface area (TPSA) is 107 Å². The maximum Gasteiger partial charge on any atom is 0.265 e. The Morgan fingerprint density at radius 1 is 1.18 bits per heavy atom. The summed E-state index contributed by atoms with van der Waals surface area (Å²) in [5.41, 5.74) is 4.69. The Hall–Kier alpha value is -4.31. The lowest BCUT2D eigenvalue weighted by Crippen LogP contribution is -2.12. The summed E-state index contributed by atoms with van der Waals surface area (Å²) >= 11 is 0. The number of amides is 1. The van der Waals surface area contributed by atoms with Crippen molar-refractivity contribution in [3.05, 3.63) is 73.5 Å². The summed E-state index contributed by atoms with van der Waals surface area (Å²) in [6.45, 7) is 3.42. The third kappa shape index (κ3) is 3.22. The van der Waals surface area contributed by atoms with Gasteiger partial charge < -0.3 is 10.3 Å². The van der Waals surface area contributed by atoms with Gasteiger partial charge >= 0.3 is 0 Å². The molecule has 0 unspecified atom stereocenters. The van der Waals surface area contributed by atoms with Gasteiger partial charge in [-0.2, -0.15) is 5.26 Å². The fourth-order valence-electron chi connectivity index (χ4n) is 2.86. The summed E-state index contributed by atoms with van der Waals surface area (Å²) in [4.78, 5) is 27.8. The predicted molar refractivity (Wildman–Crippen MR) is 106 cm³/mol. The zero-order valence-corrected chi connectivity index (χ0v) is 14.7. The van der Waals surface area contributed by atoms with E-state index in [1.807, 2.05) is 36.5 Å². The van der Waals surface area contributed by atoms with Crippen LogP contribution in [0.2, 0.25) is 0 Å². The van der Waals surface area contributed by atoms with Crippen molar-refractivity contribution in [3.8, 4) is 28.5 Å². The molecule has 4 rings (SSSR count). The quantitative estimate of drug-likeness (QED) is 0.423. The van der Waals surface area contributed by atoms with Gasteiger partial charge in [0.05, 0.1) is 5.69 Å². The first-order chi connectivity index (χ1) is 13.7. The number of aromatic nitrogens is 4. The average molecular weight is 366 g/mol. The highest BCUT2D eigenvalue weighted by Crippen LogP contribution is 2.30. The van der Waals surface area contributed by atoms with Gasteiger partial charge in [-0.05, 0) is 29.8 Å². The van der Waals surface area contributed by atoms with E-state index in [1.165, 1.54) is 6.33 Å². The van der Waals surface area contributed by atoms with Crippen molar-refractivity contribution in [3.63, 3.8) is 0 Å². The maximum absolute atomic E-state index is 11.9. The number of nitrogens with zero attached hydrogens (tertiary/aromatic N) is 4. The Labute approximate surface area is 160 Å². The summed E-state index contributed by atoms with van der Waals surface area (Å²) in [5.74, 6) is -0.523. The van der Waals surface area contributed by atoms with Gasteiger partial charge in [0.2, 0.25) is 0 Å². The Morgan fingerprint density at radius 2 is 2.07 bits per heavy atom. The summed E-state index contributed by atoms with van der Waals surface area (Å²) in [5, 5.41) is 12.4. The van der Waals surface area contributed by atoms with Crippen molar-refractivity contribution in [2.24, 2.45) is 0 Å². The number of nitriles is 1. The lowest BCUT2D eigenvalue weighted by Gasteiger charge is -2.07. The molecule has 28 heavy (non-hydrogen) atoms. The van der Waals surface area contributed by atoms with E-state index >= 15 is 0 Å². The molecule has 0 saturated carbocycles. The van der Waals surface area contributed by atoms with E-state index < -0.39 is 5.91 Å². The normalized spacial score (nSPS) is 10.4. The van der Waals surface area contributed by atoms with Crippen LogP contribution in [0.3, 0.4) is 0 Å². The van der Waals surface area contributed by atoms with Gasteiger partial charge in [-0.1, -0.05) is 18.7 Å². The van der Waals surface area contributed by atoms with E-state index in [0.29, 0.717) is 5.69 Å². The fourth-order valence-corrected chi connectivity index (χ4v) is 2.86. The average Bonchev–Trinajstić information content (AvgIpc) is 3.17. The second-order valence-corrected chi connectivity index (χ2v) is 6.04. The Kier molecular flexibility index (Phi) is 4.36. The first kappa shape index (κ1) is 17.1. The van der Waals surface area contributed by atoms with Gasteiger partial charge in [-0.3, -0.25) is 4.79 Å². The van der Waals surface area contributed by atoms with Gasteiger partial charge in [-0.25, -0.2) is 15.0 Å². The third-order valence-corrected chi connectivity index (χ3v) is 4.25. The largest absolute Gasteiger partial charge is 0.345 e. The van der Waals surface area contributed by atoms with Gasteiger partial charge in [-0.15, -0.1) is 0 Å². The number of benzene rings is 1. The molecule has 0 aliphatic carbocycles. The molecule has 0 atom stereocenters. The number of H-pyrrole nitrogens is 1. The Morgan fingerprint density at radius 3 is 2.86 bits per heavy atom. The minimum atomic E-state index is -0.523. The zero-order valence-electron chi connectivity index (χ0n) is 14.7. The minimum Gasteiger partial charge on any atom is -0.345 e. The van der Waals surface area contributed by atoms with Crippen LogP contribution in [0.1, 0.15) is 0 Å². The molecule has 1 amide bonds. The van der Waals surface area contributed by atoms with Crippen molar-refractivity contribution in [2.45, 2.75) is 0 Å². The molecular formula is C21H14N6O. The zero-order chi connectivity index (χ0) is 19.5. The molecule has 7 nitrogen and oxygen atoms in total. The van der Waals surface area contributed by atoms with Crippen LogP contribution in [0.25, 0.3) is 33.4 Å². The molecule has 134 valence electrons. The molecular weight excluding hydrogens is 352 g/mol. The van der Waals surface area contributed by atoms with Gasteiger partial charge in [0, 0.05) is 40.8 Å². The second kappa shape index (κ2) is 7.13. The molecule has 1 aromatic carbocycles. The molecule has 0 aliphatic rings. The van der Waals surface area contributed by atoms with Gasteiger partial charge in [0.25, 0.3) is 5.91 Å². The highest BCUT2D eigenvalue weighted by molar-refractivity contribution is 6.06. The highest BCUT2D eigenvalue weighted by Gasteiger charge is 2.11. The van der Waals surface area contributed by atoms with E-state index in [0.717, 1.165) is 33.4 Å². The molecule has 0 bridgehead atoms. The molecule has 2 N–H and O–H groups in total. The number of carbonyl (C=O) groups is 1. The maximum atomic E-state index is 11.9. The number of aromatic amines is 1. The van der Waals surface area contributed by atoms with Crippen LogP contribution < -0.4 is 5.32 Å². The van der Waals surface area contributed by atoms with Crippen molar-refractivity contribution >= 4 is 22.6 Å². The van der Waals surface area contributed by atoms with Crippen LogP contribution in [-0.4, -0.2) is 25.8 Å². The second-order valence-electron chi connectivity index (χ2n) is 6.04. The lowest BCUT2D eigenvalue weighted by molar-refractivity contribution is -0.112. The highest BCUT2D eigenvalue weighted by atomic mass is 16.1. The van der Waals surface area contributed by atoms with Gasteiger partial charge in [0.1, 0.15) is 23.6 Å². The van der Waals surface area contributed by atoms with Crippen molar-refractivity contribution < 1.29 is 4.79 Å². The summed E-state index contributed by atoms with van der Waals surface area (Å²) < 4.78 is 0. The number of pyridine rings is 1. The van der Waals surface area contributed by atoms with E-state index in [2.05, 4.69) is 31.8 Å². The Bertz CT molecular complexity index is 1240. The molecule has 0 saturated heterocycles. The standard InChI is InChI=1S/C21H14N6O/c1-13(9-22)21(28)27-16-4-2-3-14(7-16)15-8-17-18(11-25-20(17)24-10-15)19-5-6-23-12-26-19/h2-8,10-12H,1H2,(H,24,25)(H,27,28). The van der Waals surface area contributed by atoms with Gasteiger partial charge in [0.15, 0.2) is 0 Å². The smallest absolute Gasteiger partial charge is 0.265 e. The lowest BCUT2D eigenvalue weighted by atomic mass is 10.0. The van der Waals surface area contributed by atoms with E-state index in [1.54, 1.807) is 24.5 Å². The molecule has 0 spiro atoms. The Balaban J connectivity index is 1.72. The number of nitrogens with one attached hydrogen (secondary N) is 2. The first-order valence-corrected chi connectivity index (χ1v) is 8.40. The fraction of sp³-hybridized carbons (Fsp3) is 0. The summed E-state index contributed by atoms with van der Waals surface area (Å²) in [7, 11) is 0. The van der Waals surface area contributed by atoms with Crippen LogP contribution in [0.15, 0.2) is 73.5 Å². The van der Waals surface area contributed by atoms with Crippen LogP contribution in [-0.2, 0) is 4.79 Å². The van der Waals surface area contributed by atoms with Crippen LogP contribution >= 0.6 is 0 Å². The number of rotatable bonds is 4. The van der Waals surface area contributed by atoms with E-state index in [9.17, 15) is 4.79 Å². The predicted octanol–water partition coefficient (Wildman–Crippen LogP) is 3.71. The molecule has 0 aliphatic heterocycles. The van der Waals surface area contributed by atoms with Crippen molar-refractivity contribution in [1.82, 2.24) is 19.9 Å². The molecule has 0 fully saturated rings.